The van der Waals surface area contributed by atoms with Gasteiger partial charge in [-0.1, -0.05) is 6.92 Å². The molecule has 7 fully saturated rings. The summed E-state index contributed by atoms with van der Waals surface area (Å²) in [7, 11) is 1.47. The first-order chi connectivity index (χ1) is 28.9. The van der Waals surface area contributed by atoms with Gasteiger partial charge in [-0.2, -0.15) is 0 Å². The lowest BCUT2D eigenvalue weighted by Gasteiger charge is -2.65. The van der Waals surface area contributed by atoms with Gasteiger partial charge >= 0.3 is 5.97 Å². The molecule has 3 saturated heterocycles. The second kappa shape index (κ2) is 17.2. The number of aldehydes is 1. The Kier molecular flexibility index (Phi) is 12.9. The molecule has 4 saturated carbocycles. The Bertz CT molecular complexity index is 1630. The van der Waals surface area contributed by atoms with Gasteiger partial charge in [0.1, 0.15) is 67.8 Å². The first kappa shape index (κ1) is 45.8. The van der Waals surface area contributed by atoms with Gasteiger partial charge in [0.2, 0.25) is 0 Å². The monoisotopic (exact) mass is 872 g/mol. The molecule has 0 bridgehead atoms. The Labute approximate surface area is 353 Å². The van der Waals surface area contributed by atoms with Crippen molar-refractivity contribution in [2.24, 2.45) is 28.6 Å². The first-order valence-electron chi connectivity index (χ1n) is 21.8. The normalized spacial score (nSPS) is 53.6. The lowest BCUT2D eigenvalue weighted by atomic mass is 9.41. The van der Waals surface area contributed by atoms with E-state index in [2.05, 4.69) is 6.92 Å². The van der Waals surface area contributed by atoms with Gasteiger partial charge in [0.25, 0.3) is 0 Å². The summed E-state index contributed by atoms with van der Waals surface area (Å²) in [5.41, 5.74) is -3.06. The fourth-order valence-electron chi connectivity index (χ4n) is 12.9. The molecule has 0 aromatic heterocycles. The number of carbonyl (C=O) groups is 2. The van der Waals surface area contributed by atoms with E-state index in [0.29, 0.717) is 44.9 Å². The molecular weight excluding hydrogens is 808 g/mol. The van der Waals surface area contributed by atoms with Gasteiger partial charge in [0.15, 0.2) is 18.9 Å². The maximum absolute atomic E-state index is 13.3. The number of ether oxygens (including phenoxy) is 8. The highest BCUT2D eigenvalue weighted by Gasteiger charge is 2.71. The molecule has 0 spiro atoms. The van der Waals surface area contributed by atoms with Crippen molar-refractivity contribution < 1.29 is 93.4 Å². The van der Waals surface area contributed by atoms with Gasteiger partial charge in [0, 0.05) is 31.4 Å². The number of rotatable bonds is 11. The molecule has 19 nitrogen and oxygen atoms in total. The van der Waals surface area contributed by atoms with Crippen molar-refractivity contribution in [3.8, 4) is 0 Å². The Morgan fingerprint density at radius 3 is 2.18 bits per heavy atom. The number of hydrogen-bond acceptors (Lipinski definition) is 19. The molecule has 4 aliphatic carbocycles. The molecule has 0 radical (unpaired) electrons. The Morgan fingerprint density at radius 1 is 0.820 bits per heavy atom. The zero-order valence-corrected chi connectivity index (χ0v) is 34.8. The SMILES string of the molecule is CO[C@H]1C[C@@H](O[C@@H]2CC[C@]3(C=O)[C@H]4CC[C@]5(C)[C@H](C6=CC(=O)OC6)CC[C@]5(O)[C@@H]4CC[C@]3(O)C2)O[C@H](C)[C@@H]1O[C@H]1O[C@H](CO[C@H]2O[C@H](CO)[C@H](O)[C@@H](O)[C@H]2O)[C@H](O)[C@@H](O)[C@H]1O. The van der Waals surface area contributed by atoms with Crippen LogP contribution in [0.1, 0.15) is 78.1 Å². The third-order valence-corrected chi connectivity index (χ3v) is 16.3. The van der Waals surface area contributed by atoms with Gasteiger partial charge in [-0.3, -0.25) is 0 Å². The predicted molar refractivity (Wildman–Crippen MR) is 203 cm³/mol. The average Bonchev–Trinajstić information content (AvgIpc) is 3.79. The van der Waals surface area contributed by atoms with Crippen molar-refractivity contribution in [3.05, 3.63) is 11.6 Å². The quantitative estimate of drug-likeness (QED) is 0.0622. The maximum atomic E-state index is 13.3. The van der Waals surface area contributed by atoms with Gasteiger partial charge in [-0.05, 0) is 81.6 Å². The summed E-state index contributed by atoms with van der Waals surface area (Å²) in [5.74, 6) is -0.767. The van der Waals surface area contributed by atoms with Crippen molar-refractivity contribution in [2.45, 2.75) is 181 Å². The van der Waals surface area contributed by atoms with Crippen LogP contribution >= 0.6 is 0 Å². The second-order valence-electron chi connectivity index (χ2n) is 19.2. The predicted octanol–water partition coefficient (Wildman–Crippen LogP) is -1.92. The number of aliphatic hydroxyl groups excluding tert-OH is 7. The topological polar surface area (TPSA) is 290 Å². The molecule has 8 aliphatic rings. The Hall–Kier alpha value is -1.76. The average molecular weight is 873 g/mol. The molecule has 19 heteroatoms. The zero-order valence-electron chi connectivity index (χ0n) is 34.8. The fourth-order valence-corrected chi connectivity index (χ4v) is 12.9. The van der Waals surface area contributed by atoms with Crippen molar-refractivity contribution in [2.75, 3.05) is 26.9 Å². The van der Waals surface area contributed by atoms with Crippen LogP contribution in [0.3, 0.4) is 0 Å². The molecule has 0 unspecified atom stereocenters. The molecule has 4 aliphatic heterocycles. The summed E-state index contributed by atoms with van der Waals surface area (Å²) in [5, 5.41) is 97.4. The van der Waals surface area contributed by atoms with Crippen LogP contribution < -0.4 is 0 Å². The standard InChI is InChI=1S/C42H64O19/c1-19-36(61-38-35(51)33(49)31(47)27(60-38)17-56-37-34(50)32(48)30(46)26(15-43)59-37)25(54-3)13-29(57-19)58-21-4-9-40(18-44)23-5-8-39(2)22(20-12-28(45)55-16-20)7-11-42(39,53)24(23)6-10-41(40,52)14-21/h12,18-19,21-27,29-38,43,46-53H,4-11,13-17H2,1-3H3/t19-,21-,22+,23+,24-,25+,26-,27-,29-,30+,31+,32-,33-,34-,35-,36+,37+,38-,39-,40+,41+,42+/m1/s1. The highest BCUT2D eigenvalue weighted by molar-refractivity contribution is 5.85. The first-order valence-corrected chi connectivity index (χ1v) is 21.8. The van der Waals surface area contributed by atoms with Gasteiger partial charge in [-0.15, -0.1) is 0 Å². The van der Waals surface area contributed by atoms with E-state index < -0.39 is 127 Å². The van der Waals surface area contributed by atoms with Crippen LogP contribution in [-0.4, -0.2) is 188 Å². The van der Waals surface area contributed by atoms with Crippen LogP contribution in [0.15, 0.2) is 11.6 Å². The smallest absolute Gasteiger partial charge is 0.331 e. The highest BCUT2D eigenvalue weighted by Crippen LogP contribution is 2.70. The molecule has 346 valence electrons. The van der Waals surface area contributed by atoms with Gasteiger partial charge in [0.05, 0.1) is 48.1 Å². The van der Waals surface area contributed by atoms with Crippen LogP contribution in [-0.2, 0) is 47.5 Å². The van der Waals surface area contributed by atoms with Crippen molar-refractivity contribution in [1.82, 2.24) is 0 Å². The van der Waals surface area contributed by atoms with Crippen molar-refractivity contribution >= 4 is 12.3 Å². The zero-order chi connectivity index (χ0) is 43.8. The van der Waals surface area contributed by atoms with Crippen molar-refractivity contribution in [3.63, 3.8) is 0 Å². The molecule has 9 N–H and O–H groups in total. The number of hydrogen-bond donors (Lipinski definition) is 9. The Balaban J connectivity index is 0.886. The van der Waals surface area contributed by atoms with E-state index in [4.69, 9.17) is 37.9 Å². The molecule has 0 aromatic rings. The summed E-state index contributed by atoms with van der Waals surface area (Å²) < 4.78 is 46.7. The van der Waals surface area contributed by atoms with E-state index in [1.54, 1.807) is 13.0 Å². The number of esters is 1. The molecule has 0 aromatic carbocycles. The molecule has 8 rings (SSSR count). The number of carbonyl (C=O) groups excluding carboxylic acids is 2. The number of fused-ring (bicyclic) bond motifs is 5. The van der Waals surface area contributed by atoms with Crippen LogP contribution in [0, 0.1) is 28.6 Å². The number of cyclic esters (lactones) is 1. The van der Waals surface area contributed by atoms with E-state index in [9.17, 15) is 55.5 Å². The van der Waals surface area contributed by atoms with Crippen LogP contribution in [0.4, 0.5) is 0 Å². The van der Waals surface area contributed by atoms with E-state index in [-0.39, 0.29) is 43.2 Å². The lowest BCUT2D eigenvalue weighted by molar-refractivity contribution is -0.355. The minimum Gasteiger partial charge on any atom is -0.458 e. The molecule has 4 heterocycles. The third kappa shape index (κ3) is 7.55. The summed E-state index contributed by atoms with van der Waals surface area (Å²) in [6, 6.07) is 0. The summed E-state index contributed by atoms with van der Waals surface area (Å²) in [6.45, 7) is 2.86. The molecular formula is C42H64O19. The van der Waals surface area contributed by atoms with Crippen LogP contribution in [0.5, 0.6) is 0 Å². The Morgan fingerprint density at radius 2 is 1.51 bits per heavy atom. The number of aliphatic hydroxyl groups is 9. The fraction of sp³-hybridized carbons (Fsp3) is 0.905. The highest BCUT2D eigenvalue weighted by atomic mass is 16.8. The maximum Gasteiger partial charge on any atom is 0.331 e. The van der Waals surface area contributed by atoms with Crippen LogP contribution in [0.25, 0.3) is 0 Å². The molecule has 61 heavy (non-hydrogen) atoms. The largest absolute Gasteiger partial charge is 0.458 e. The van der Waals surface area contributed by atoms with Crippen LogP contribution in [0.2, 0.25) is 0 Å². The lowest BCUT2D eigenvalue weighted by Crippen LogP contribution is -2.69. The van der Waals surface area contributed by atoms with E-state index in [0.717, 1.165) is 18.3 Å². The van der Waals surface area contributed by atoms with Gasteiger partial charge < -0.3 is 88.6 Å². The van der Waals surface area contributed by atoms with E-state index in [1.165, 1.54) is 7.11 Å². The molecule has 22 atom stereocenters. The number of methoxy groups -OCH3 is 1. The van der Waals surface area contributed by atoms with E-state index in [1.807, 2.05) is 0 Å². The third-order valence-electron chi connectivity index (χ3n) is 16.3. The molecule has 0 amide bonds. The van der Waals surface area contributed by atoms with E-state index >= 15 is 0 Å². The van der Waals surface area contributed by atoms with Gasteiger partial charge in [-0.25, -0.2) is 4.79 Å². The summed E-state index contributed by atoms with van der Waals surface area (Å²) in [4.78, 5) is 25.3. The minimum absolute atomic E-state index is 0.00485. The van der Waals surface area contributed by atoms with Crippen molar-refractivity contribution in [1.29, 1.82) is 0 Å². The summed E-state index contributed by atoms with van der Waals surface area (Å²) >= 11 is 0. The second-order valence-corrected chi connectivity index (χ2v) is 19.2. The summed E-state index contributed by atoms with van der Waals surface area (Å²) in [6.07, 6.45) is -12.2. The minimum atomic E-state index is -1.75.